The van der Waals surface area contributed by atoms with E-state index in [4.69, 9.17) is 9.47 Å². The fraction of sp³-hybridized carbons (Fsp3) is 0.882. The van der Waals surface area contributed by atoms with Crippen LogP contribution in [0.3, 0.4) is 0 Å². The molecule has 0 saturated heterocycles. The van der Waals surface area contributed by atoms with E-state index in [0.29, 0.717) is 12.8 Å². The summed E-state index contributed by atoms with van der Waals surface area (Å²) < 4.78 is 12.2. The maximum atomic E-state index is 9.26. The molecular weight excluding hydrogens is 264 g/mol. The smallest absolute Gasteiger partial charge is 0.163 e. The van der Waals surface area contributed by atoms with Crippen molar-refractivity contribution in [1.82, 2.24) is 0 Å². The van der Waals surface area contributed by atoms with Gasteiger partial charge in [-0.1, -0.05) is 19.3 Å². The van der Waals surface area contributed by atoms with Crippen LogP contribution in [0.15, 0.2) is 0 Å². The van der Waals surface area contributed by atoms with Crippen LogP contribution in [0, 0.1) is 28.1 Å². The van der Waals surface area contributed by atoms with Gasteiger partial charge in [0, 0.05) is 6.42 Å². The van der Waals surface area contributed by atoms with Crippen LogP contribution in [0.5, 0.6) is 0 Å². The minimum absolute atomic E-state index is 0.0587. The number of hydrogen-bond donors (Lipinski definition) is 0. The number of ether oxygens (including phenoxy) is 2. The molecule has 0 radical (unpaired) electrons. The lowest BCUT2D eigenvalue weighted by Gasteiger charge is -2.38. The third-order valence-corrected chi connectivity index (χ3v) is 4.59. The van der Waals surface area contributed by atoms with E-state index in [1.54, 1.807) is 0 Å². The first-order valence-electron chi connectivity index (χ1n) is 8.17. The molecule has 0 bridgehead atoms. The van der Waals surface area contributed by atoms with Crippen molar-refractivity contribution in [2.75, 3.05) is 0 Å². The maximum Gasteiger partial charge on any atom is 0.163 e. The fourth-order valence-electron chi connectivity index (χ4n) is 3.57. The van der Waals surface area contributed by atoms with Gasteiger partial charge in [-0.15, -0.1) is 0 Å². The molecule has 2 rings (SSSR count). The molecule has 2 aliphatic rings. The Labute approximate surface area is 128 Å². The maximum absolute atomic E-state index is 9.26. The lowest BCUT2D eigenvalue weighted by Crippen LogP contribution is -2.41. The van der Waals surface area contributed by atoms with Crippen LogP contribution >= 0.6 is 0 Å². The molecule has 2 aliphatic carbocycles. The quantitative estimate of drug-likeness (QED) is 0.732. The highest BCUT2D eigenvalue weighted by Crippen LogP contribution is 2.38. The van der Waals surface area contributed by atoms with Crippen molar-refractivity contribution >= 4 is 0 Å². The minimum Gasteiger partial charge on any atom is -0.347 e. The van der Waals surface area contributed by atoms with Crippen molar-refractivity contribution in [3.63, 3.8) is 0 Å². The lowest BCUT2D eigenvalue weighted by molar-refractivity contribution is -0.267. The monoisotopic (exact) mass is 290 g/mol. The normalized spacial score (nSPS) is 26.8. The summed E-state index contributed by atoms with van der Waals surface area (Å²) in [5.41, 5.74) is -0.871. The second-order valence-electron chi connectivity index (χ2n) is 6.92. The van der Waals surface area contributed by atoms with Gasteiger partial charge in [0.05, 0.1) is 24.3 Å². The predicted octanol–water partition coefficient (Wildman–Crippen LogP) is 4.06. The molecule has 0 aromatic rings. The molecule has 0 N–H and O–H groups in total. The fourth-order valence-corrected chi connectivity index (χ4v) is 3.57. The number of nitrogens with zero attached hydrogens (tertiary/aromatic N) is 2. The zero-order chi connectivity index (χ0) is 15.3. The Bertz CT molecular complexity index is 413. The molecule has 0 heterocycles. The molecule has 4 nitrogen and oxygen atoms in total. The summed E-state index contributed by atoms with van der Waals surface area (Å²) in [5, 5.41) is 18.5. The molecule has 1 atom stereocenters. The van der Waals surface area contributed by atoms with Gasteiger partial charge in [-0.25, -0.2) is 0 Å². The average molecular weight is 290 g/mol. The van der Waals surface area contributed by atoms with Crippen LogP contribution in [0.25, 0.3) is 0 Å². The zero-order valence-corrected chi connectivity index (χ0v) is 13.2. The summed E-state index contributed by atoms with van der Waals surface area (Å²) >= 11 is 0. The van der Waals surface area contributed by atoms with Crippen LogP contribution in [0.1, 0.15) is 71.6 Å². The SMILES string of the molecule is CC(C)(OC1CCCCC1)OC1CCCC(C#N)(C#N)C1. The first-order chi connectivity index (χ1) is 9.99. The van der Waals surface area contributed by atoms with E-state index in [1.165, 1.54) is 19.3 Å². The van der Waals surface area contributed by atoms with Crippen molar-refractivity contribution in [3.05, 3.63) is 0 Å². The Kier molecular flexibility index (Phi) is 5.25. The van der Waals surface area contributed by atoms with Gasteiger partial charge in [-0.05, 0) is 46.0 Å². The number of hydrogen-bond acceptors (Lipinski definition) is 4. The molecule has 116 valence electrons. The van der Waals surface area contributed by atoms with E-state index >= 15 is 0 Å². The van der Waals surface area contributed by atoms with Crippen LogP contribution in [0.2, 0.25) is 0 Å². The Morgan fingerprint density at radius 1 is 0.905 bits per heavy atom. The largest absolute Gasteiger partial charge is 0.347 e. The van der Waals surface area contributed by atoms with Crippen LogP contribution < -0.4 is 0 Å². The van der Waals surface area contributed by atoms with Crippen molar-refractivity contribution in [3.8, 4) is 12.1 Å². The van der Waals surface area contributed by atoms with Crippen molar-refractivity contribution in [2.45, 2.75) is 89.6 Å². The van der Waals surface area contributed by atoms with Gasteiger partial charge in [-0.3, -0.25) is 0 Å². The van der Waals surface area contributed by atoms with Crippen LogP contribution in [-0.4, -0.2) is 18.0 Å². The Balaban J connectivity index is 1.90. The first kappa shape index (κ1) is 16.3. The average Bonchev–Trinajstić information content (AvgIpc) is 2.47. The van der Waals surface area contributed by atoms with E-state index in [2.05, 4.69) is 12.1 Å². The standard InChI is InChI=1S/C17H26N2O2/c1-16(2,20-14-7-4-3-5-8-14)21-15-9-6-10-17(11-15,12-18)13-19/h14-15H,3-11H2,1-2H3. The summed E-state index contributed by atoms with van der Waals surface area (Å²) in [6.45, 7) is 3.91. The lowest BCUT2D eigenvalue weighted by atomic mass is 9.75. The highest BCUT2D eigenvalue weighted by Gasteiger charge is 2.40. The molecule has 0 spiro atoms. The van der Waals surface area contributed by atoms with Crippen molar-refractivity contribution in [2.24, 2.45) is 5.41 Å². The molecule has 2 saturated carbocycles. The van der Waals surface area contributed by atoms with Gasteiger partial charge in [0.25, 0.3) is 0 Å². The van der Waals surface area contributed by atoms with Crippen molar-refractivity contribution < 1.29 is 9.47 Å². The van der Waals surface area contributed by atoms with E-state index < -0.39 is 11.2 Å². The van der Waals surface area contributed by atoms with E-state index in [-0.39, 0.29) is 12.2 Å². The third-order valence-electron chi connectivity index (χ3n) is 4.59. The Hall–Kier alpha value is -1.10. The van der Waals surface area contributed by atoms with E-state index in [1.807, 2.05) is 13.8 Å². The van der Waals surface area contributed by atoms with Gasteiger partial charge in [-0.2, -0.15) is 10.5 Å². The molecule has 4 heteroatoms. The second-order valence-corrected chi connectivity index (χ2v) is 6.92. The van der Waals surface area contributed by atoms with Gasteiger partial charge < -0.3 is 9.47 Å². The van der Waals surface area contributed by atoms with Gasteiger partial charge in [0.1, 0.15) is 5.41 Å². The topological polar surface area (TPSA) is 66.0 Å². The molecule has 0 amide bonds. The molecule has 21 heavy (non-hydrogen) atoms. The molecule has 0 aliphatic heterocycles. The van der Waals surface area contributed by atoms with E-state index in [0.717, 1.165) is 25.7 Å². The Morgan fingerprint density at radius 2 is 1.48 bits per heavy atom. The molecule has 1 unspecified atom stereocenters. The van der Waals surface area contributed by atoms with Crippen molar-refractivity contribution in [1.29, 1.82) is 10.5 Å². The van der Waals surface area contributed by atoms with E-state index in [9.17, 15) is 10.5 Å². The summed E-state index contributed by atoms with van der Waals surface area (Å²) in [6.07, 6.45) is 9.14. The molecule has 2 fully saturated rings. The number of rotatable bonds is 4. The minimum atomic E-state index is -0.871. The first-order valence-corrected chi connectivity index (χ1v) is 8.17. The molecule has 0 aromatic carbocycles. The number of nitriles is 2. The van der Waals surface area contributed by atoms with Crippen LogP contribution in [0.4, 0.5) is 0 Å². The molecular formula is C17H26N2O2. The molecule has 0 aromatic heterocycles. The predicted molar refractivity (Wildman–Crippen MR) is 79.0 cm³/mol. The Morgan fingerprint density at radius 3 is 2.10 bits per heavy atom. The highest BCUT2D eigenvalue weighted by atomic mass is 16.7. The summed E-state index contributed by atoms with van der Waals surface area (Å²) in [7, 11) is 0. The highest BCUT2D eigenvalue weighted by molar-refractivity contribution is 5.15. The summed E-state index contributed by atoms with van der Waals surface area (Å²) in [5.74, 6) is -0.638. The van der Waals surface area contributed by atoms with Gasteiger partial charge >= 0.3 is 0 Å². The zero-order valence-electron chi connectivity index (χ0n) is 13.2. The van der Waals surface area contributed by atoms with Gasteiger partial charge in [0.15, 0.2) is 5.79 Å². The van der Waals surface area contributed by atoms with Crippen LogP contribution in [-0.2, 0) is 9.47 Å². The summed E-state index contributed by atoms with van der Waals surface area (Å²) in [4.78, 5) is 0. The van der Waals surface area contributed by atoms with Gasteiger partial charge in [0.2, 0.25) is 0 Å². The summed E-state index contributed by atoms with van der Waals surface area (Å²) in [6, 6.07) is 4.36. The third kappa shape index (κ3) is 4.43. The second kappa shape index (κ2) is 6.77.